The SMILES string of the molecule is Cc1ccc2oc3ccccc3c2c1C(C)(C)N1c2ccccc2N(c2cccn2C)[C@H]1C.Cc1ccccc1C(C)(C)N1c2ccccc2N(c2cc3ccccc3n2C)[C@H]1C.Cc1ccccc1C(C)(C)N1c2ccccc2N(c2nc3ccccc3n2C)[C@H]1C.Cc1ccccc1C(C)(C)N1c2ccccc2N(c2nccn2C)[C@H]1C. The number of anilines is 12. The van der Waals surface area contributed by atoms with E-state index in [-0.39, 0.29) is 46.8 Å². The zero-order valence-corrected chi connectivity index (χ0v) is 72.7. The van der Waals surface area contributed by atoms with Gasteiger partial charge in [-0.25, -0.2) is 9.97 Å². The maximum absolute atomic E-state index is 6.27. The third kappa shape index (κ3) is 12.9. The number of benzene rings is 11. The average Bonchev–Trinajstić information content (AvgIpc) is 1.62. The molecule has 119 heavy (non-hydrogen) atoms. The Morgan fingerprint density at radius 1 is 0.319 bits per heavy atom. The summed E-state index contributed by atoms with van der Waals surface area (Å²) in [5.41, 5.74) is 25.1. The minimum Gasteiger partial charge on any atom is -0.456 e. The molecule has 4 aliphatic rings. The second kappa shape index (κ2) is 30.2. The number of aryl methyl sites for hydroxylation is 8. The Morgan fingerprint density at radius 2 is 0.723 bits per heavy atom. The third-order valence-corrected chi connectivity index (χ3v) is 26.1. The summed E-state index contributed by atoms with van der Waals surface area (Å²) in [5, 5.41) is 3.67. The second-order valence-corrected chi connectivity index (χ2v) is 34.7. The molecule has 15 heteroatoms. The summed E-state index contributed by atoms with van der Waals surface area (Å²) in [4.78, 5) is 29.4. The summed E-state index contributed by atoms with van der Waals surface area (Å²) < 4.78 is 15.1. The van der Waals surface area contributed by atoms with Crippen LogP contribution in [0.4, 0.5) is 69.0 Å². The van der Waals surface area contributed by atoms with Crippen molar-refractivity contribution in [2.45, 2.75) is 158 Å². The van der Waals surface area contributed by atoms with Gasteiger partial charge in [0.25, 0.3) is 0 Å². The fourth-order valence-corrected chi connectivity index (χ4v) is 21.0. The largest absolute Gasteiger partial charge is 0.456 e. The number of imidazole rings is 2. The second-order valence-electron chi connectivity index (χ2n) is 34.7. The van der Waals surface area contributed by atoms with Gasteiger partial charge in [-0.1, -0.05) is 176 Å². The molecule has 0 bridgehead atoms. The van der Waals surface area contributed by atoms with Crippen molar-refractivity contribution in [2.24, 2.45) is 28.2 Å². The molecule has 0 fully saturated rings. The predicted octanol–water partition coefficient (Wildman–Crippen LogP) is 25.3. The first-order valence-corrected chi connectivity index (χ1v) is 42.0. The molecule has 15 nitrogen and oxygen atoms in total. The molecule has 0 amide bonds. The first kappa shape index (κ1) is 78.6. The highest BCUT2D eigenvalue weighted by Gasteiger charge is 2.49. The topological polar surface area (TPSA) is 84.6 Å². The molecule has 9 heterocycles. The minimum atomic E-state index is -0.286. The number of hydrogen-bond acceptors (Lipinski definition) is 11. The van der Waals surface area contributed by atoms with Crippen LogP contribution in [0.25, 0.3) is 43.9 Å². The fourth-order valence-electron chi connectivity index (χ4n) is 21.0. The van der Waals surface area contributed by atoms with E-state index in [2.05, 4.69) is 461 Å². The Hall–Kier alpha value is -12.9. The van der Waals surface area contributed by atoms with Crippen LogP contribution in [0, 0.1) is 27.7 Å². The molecule has 0 N–H and O–H groups in total. The number of fused-ring (bicyclic) bond motifs is 9. The first-order valence-electron chi connectivity index (χ1n) is 42.0. The van der Waals surface area contributed by atoms with Crippen LogP contribution in [0.1, 0.15) is 128 Å². The first-order chi connectivity index (χ1) is 57.1. The monoisotopic (exact) mass is 1570 g/mol. The molecule has 604 valence electrons. The summed E-state index contributed by atoms with van der Waals surface area (Å²) in [7, 11) is 8.44. The molecule has 16 aromatic rings. The number of nitrogens with zero attached hydrogens (tertiary/aromatic N) is 14. The molecule has 0 radical (unpaired) electrons. The maximum atomic E-state index is 6.27. The fraction of sp³-hybridized carbons (Fsp3) is 0.269. The molecule has 11 aromatic carbocycles. The van der Waals surface area contributed by atoms with Crippen LogP contribution in [0.2, 0.25) is 0 Å². The van der Waals surface area contributed by atoms with E-state index in [0.29, 0.717) is 0 Å². The van der Waals surface area contributed by atoms with E-state index < -0.39 is 0 Å². The van der Waals surface area contributed by atoms with E-state index in [0.717, 1.165) is 34.1 Å². The molecule has 0 saturated heterocycles. The number of para-hydroxylation sites is 12. The van der Waals surface area contributed by atoms with Gasteiger partial charge in [-0.2, -0.15) is 0 Å². The van der Waals surface area contributed by atoms with Gasteiger partial charge in [0.1, 0.15) is 47.5 Å². The van der Waals surface area contributed by atoms with Crippen molar-refractivity contribution in [2.75, 3.05) is 39.2 Å². The molecule has 0 aliphatic carbocycles. The van der Waals surface area contributed by atoms with E-state index in [1.54, 1.807) is 0 Å². The molecular weight excluding hydrogens is 1460 g/mol. The molecule has 0 spiro atoms. The lowest BCUT2D eigenvalue weighted by Crippen LogP contribution is -2.49. The van der Waals surface area contributed by atoms with Crippen molar-refractivity contribution in [3.8, 4) is 0 Å². The summed E-state index contributed by atoms with van der Waals surface area (Å²) in [6.07, 6.45) is 6.56. The van der Waals surface area contributed by atoms with Crippen LogP contribution in [0.15, 0.2) is 296 Å². The van der Waals surface area contributed by atoms with Gasteiger partial charge in [0, 0.05) is 68.5 Å². The van der Waals surface area contributed by atoms with E-state index >= 15 is 0 Å². The maximum Gasteiger partial charge on any atom is 0.212 e. The highest BCUT2D eigenvalue weighted by Crippen LogP contribution is 2.56. The number of aromatic nitrogens is 6. The van der Waals surface area contributed by atoms with Gasteiger partial charge in [-0.15, -0.1) is 0 Å². The number of furan rings is 1. The lowest BCUT2D eigenvalue weighted by molar-refractivity contribution is 0.444. The van der Waals surface area contributed by atoms with E-state index in [4.69, 9.17) is 9.40 Å². The van der Waals surface area contributed by atoms with Crippen molar-refractivity contribution in [3.63, 3.8) is 0 Å². The lowest BCUT2D eigenvalue weighted by atomic mass is 9.84. The molecule has 5 aromatic heterocycles. The van der Waals surface area contributed by atoms with E-state index in [1.807, 2.05) is 31.6 Å². The number of hydrogen-bond donors (Lipinski definition) is 0. The molecule has 0 saturated carbocycles. The van der Waals surface area contributed by atoms with Gasteiger partial charge >= 0.3 is 0 Å². The van der Waals surface area contributed by atoms with Crippen LogP contribution >= 0.6 is 0 Å². The van der Waals surface area contributed by atoms with Crippen LogP contribution in [0.5, 0.6) is 0 Å². The zero-order chi connectivity index (χ0) is 83.5. The van der Waals surface area contributed by atoms with Gasteiger partial charge in [-0.3, -0.25) is 9.80 Å². The van der Waals surface area contributed by atoms with Gasteiger partial charge < -0.3 is 52.1 Å². The highest BCUT2D eigenvalue weighted by atomic mass is 16.3. The summed E-state index contributed by atoms with van der Waals surface area (Å²) in [5.74, 6) is 4.35. The van der Waals surface area contributed by atoms with Crippen LogP contribution in [0.3, 0.4) is 0 Å². The normalized spacial score (nSPS) is 16.4. The molecule has 4 aliphatic heterocycles. The van der Waals surface area contributed by atoms with Crippen molar-refractivity contribution >= 4 is 113 Å². The van der Waals surface area contributed by atoms with Crippen LogP contribution < -0.4 is 39.2 Å². The van der Waals surface area contributed by atoms with Gasteiger partial charge in [-0.05, 0) is 252 Å². The van der Waals surface area contributed by atoms with E-state index in [9.17, 15) is 0 Å². The van der Waals surface area contributed by atoms with Gasteiger partial charge in [0.05, 0.1) is 78.7 Å². The van der Waals surface area contributed by atoms with Crippen molar-refractivity contribution in [3.05, 3.63) is 336 Å². The van der Waals surface area contributed by atoms with Crippen LogP contribution in [-0.2, 0) is 50.3 Å². The summed E-state index contributed by atoms with van der Waals surface area (Å²) >= 11 is 0. The average molecular weight is 1570 g/mol. The van der Waals surface area contributed by atoms with Gasteiger partial charge in [0.2, 0.25) is 11.9 Å². The Kier molecular flexibility index (Phi) is 20.0. The minimum absolute atomic E-state index is 0.118. The van der Waals surface area contributed by atoms with Crippen molar-refractivity contribution < 1.29 is 4.42 Å². The quantitative estimate of drug-likeness (QED) is 0.117. The Balaban J connectivity index is 0.000000114. The Bertz CT molecular complexity index is 6260. The highest BCUT2D eigenvalue weighted by molar-refractivity contribution is 6.08. The van der Waals surface area contributed by atoms with Crippen LogP contribution in [-0.4, -0.2) is 52.9 Å². The smallest absolute Gasteiger partial charge is 0.212 e. The van der Waals surface area contributed by atoms with Crippen molar-refractivity contribution in [1.82, 2.24) is 28.2 Å². The van der Waals surface area contributed by atoms with E-state index in [1.165, 1.54) is 123 Å². The lowest BCUT2D eigenvalue weighted by Gasteiger charge is -2.43. The molecule has 0 unspecified atom stereocenters. The molecule has 20 rings (SSSR count). The zero-order valence-electron chi connectivity index (χ0n) is 72.7. The third-order valence-electron chi connectivity index (χ3n) is 26.1. The standard InChI is InChI=1S/C29H29N3O.C27H29N3.C26H28N4.C22H26N4/c1-19-16-17-25-27(21-11-6-9-14-24(21)33-25)28(19)29(3,4)32-20(2)31(26-15-10-18-30(26)5)22-12-7-8-13-23(22)32;1-19-12-6-8-14-22(19)27(3,4)30-20(2)29(24-16-10-11-17-25(24)30)26-18-21-13-7-9-15-23(21)28(26)5;1-18-12-6-7-13-20(18)26(3,4)30-19(2)29(23-16-10-11-17-24(23)30)25-27-21-14-8-9-15-22(21)28(25)5;1-16-10-6-7-11-18(16)22(3,4)26-17(2)25(21-23-14-15-24(21)5)19-12-8-9-13-20(19)26/h6-18,20H,1-5H3;6-18,20H,1-5H3;6-17,19H,1-5H3;6-15,17H,1-5H3/t2*20-;19-;17-/m1111/s1. The Morgan fingerprint density at radius 3 is 1.18 bits per heavy atom. The van der Waals surface area contributed by atoms with Crippen molar-refractivity contribution in [1.29, 1.82) is 0 Å². The molecule has 4 atom stereocenters. The summed E-state index contributed by atoms with van der Waals surface area (Å²) in [6, 6.07) is 97.3. The predicted molar refractivity (Wildman–Crippen MR) is 498 cm³/mol. The number of rotatable bonds is 12. The van der Waals surface area contributed by atoms with Gasteiger partial charge in [0.15, 0.2) is 0 Å². The Labute approximate surface area is 702 Å². The molecular formula is C104H112N14O. The summed E-state index contributed by atoms with van der Waals surface area (Å²) in [6.45, 7) is 36.6.